The monoisotopic (exact) mass is 262 g/mol. The summed E-state index contributed by atoms with van der Waals surface area (Å²) in [4.78, 5) is 2.60. The lowest BCUT2D eigenvalue weighted by molar-refractivity contribution is 0.112. The second-order valence-corrected chi connectivity index (χ2v) is 5.21. The summed E-state index contributed by atoms with van der Waals surface area (Å²) in [6.07, 6.45) is 2.28. The van der Waals surface area contributed by atoms with Gasteiger partial charge in [-0.25, -0.2) is 0 Å². The molecule has 1 aromatic carbocycles. The summed E-state index contributed by atoms with van der Waals surface area (Å²) < 4.78 is 5.45. The van der Waals surface area contributed by atoms with E-state index in [1.165, 1.54) is 11.1 Å². The van der Waals surface area contributed by atoms with Crippen molar-refractivity contribution in [2.24, 2.45) is 0 Å². The van der Waals surface area contributed by atoms with Gasteiger partial charge in [0.15, 0.2) is 0 Å². The fraction of sp³-hybridized carbons (Fsp3) is 0.625. The summed E-state index contributed by atoms with van der Waals surface area (Å²) in [5, 5.41) is 3.33. The first-order valence-corrected chi connectivity index (χ1v) is 7.38. The maximum Gasteiger partial charge on any atom is 0.0478 e. The molecule has 0 saturated heterocycles. The minimum atomic E-state index is 0.613. The maximum atomic E-state index is 5.45. The molecule has 0 saturated carbocycles. The van der Waals surface area contributed by atoms with E-state index in [9.17, 15) is 0 Å². The van der Waals surface area contributed by atoms with E-state index in [1.807, 2.05) is 7.05 Å². The molecule has 3 heteroatoms. The molecule has 1 aliphatic rings. The van der Waals surface area contributed by atoms with Gasteiger partial charge in [0.25, 0.3) is 0 Å². The molecule has 1 atom stereocenters. The third-order valence-electron chi connectivity index (χ3n) is 3.84. The van der Waals surface area contributed by atoms with Crippen LogP contribution in [-0.2, 0) is 17.7 Å². The molecule has 0 fully saturated rings. The Balaban J connectivity index is 1.95. The number of ether oxygens (including phenoxy) is 1. The molecule has 1 heterocycles. The summed E-state index contributed by atoms with van der Waals surface area (Å²) in [6, 6.07) is 9.45. The molecule has 106 valence electrons. The summed E-state index contributed by atoms with van der Waals surface area (Å²) in [5.74, 6) is 0. The van der Waals surface area contributed by atoms with E-state index >= 15 is 0 Å². The average Bonchev–Trinajstić information content (AvgIpc) is 2.44. The van der Waals surface area contributed by atoms with Gasteiger partial charge in [-0.15, -0.1) is 0 Å². The van der Waals surface area contributed by atoms with Crippen LogP contribution in [0.25, 0.3) is 0 Å². The number of nitrogens with one attached hydrogen (secondary N) is 1. The van der Waals surface area contributed by atoms with Crippen molar-refractivity contribution in [3.8, 4) is 0 Å². The molecule has 3 nitrogen and oxygen atoms in total. The number of fused-ring (bicyclic) bond motifs is 1. The quantitative estimate of drug-likeness (QED) is 0.761. The van der Waals surface area contributed by atoms with Gasteiger partial charge >= 0.3 is 0 Å². The Bertz CT molecular complexity index is 381. The number of hydrogen-bond acceptors (Lipinski definition) is 3. The number of rotatable bonds is 7. The molecule has 2 rings (SSSR count). The molecular formula is C16H26N2O. The smallest absolute Gasteiger partial charge is 0.0478 e. The van der Waals surface area contributed by atoms with E-state index in [1.54, 1.807) is 0 Å². The Kier molecular flexibility index (Phi) is 5.83. The highest BCUT2D eigenvalue weighted by molar-refractivity contribution is 5.30. The molecule has 19 heavy (non-hydrogen) atoms. The van der Waals surface area contributed by atoms with E-state index in [0.29, 0.717) is 6.04 Å². The Hall–Kier alpha value is -0.900. The second kappa shape index (κ2) is 7.63. The van der Waals surface area contributed by atoms with Crippen LogP contribution in [0.1, 0.15) is 24.5 Å². The van der Waals surface area contributed by atoms with E-state index in [4.69, 9.17) is 4.74 Å². The summed E-state index contributed by atoms with van der Waals surface area (Å²) in [5.41, 5.74) is 3.01. The lowest BCUT2D eigenvalue weighted by Gasteiger charge is -2.37. The first-order chi connectivity index (χ1) is 9.35. The van der Waals surface area contributed by atoms with Crippen LogP contribution in [0.4, 0.5) is 0 Å². The number of benzene rings is 1. The van der Waals surface area contributed by atoms with Crippen LogP contribution in [0.3, 0.4) is 0 Å². The van der Waals surface area contributed by atoms with E-state index in [-0.39, 0.29) is 0 Å². The van der Waals surface area contributed by atoms with Crippen LogP contribution >= 0.6 is 0 Å². The summed E-state index contributed by atoms with van der Waals surface area (Å²) >= 11 is 0. The van der Waals surface area contributed by atoms with E-state index in [2.05, 4.69) is 41.4 Å². The van der Waals surface area contributed by atoms with Crippen LogP contribution in [0.2, 0.25) is 0 Å². The Labute approximate surface area is 116 Å². The van der Waals surface area contributed by atoms with Gasteiger partial charge in [-0.05, 0) is 37.9 Å². The van der Waals surface area contributed by atoms with E-state index < -0.39 is 0 Å². The van der Waals surface area contributed by atoms with E-state index in [0.717, 1.165) is 45.7 Å². The Morgan fingerprint density at radius 3 is 2.84 bits per heavy atom. The number of likely N-dealkylation sites (N-methyl/N-ethyl adjacent to an activating group) is 1. The number of nitrogens with zero attached hydrogens (tertiary/aromatic N) is 1. The van der Waals surface area contributed by atoms with Gasteiger partial charge in [-0.3, -0.25) is 4.90 Å². The Morgan fingerprint density at radius 1 is 1.32 bits per heavy atom. The summed E-state index contributed by atoms with van der Waals surface area (Å²) in [7, 11) is 2.04. The number of hydrogen-bond donors (Lipinski definition) is 1. The predicted octanol–water partition coefficient (Wildman–Crippen LogP) is 2.06. The van der Waals surface area contributed by atoms with Gasteiger partial charge in [-0.1, -0.05) is 24.3 Å². The van der Waals surface area contributed by atoms with Crippen LogP contribution in [0.15, 0.2) is 24.3 Å². The highest BCUT2D eigenvalue weighted by Crippen LogP contribution is 2.23. The van der Waals surface area contributed by atoms with Crippen molar-refractivity contribution in [3.63, 3.8) is 0 Å². The molecule has 0 bridgehead atoms. The van der Waals surface area contributed by atoms with Crippen LogP contribution in [-0.4, -0.2) is 44.3 Å². The lowest BCUT2D eigenvalue weighted by Crippen LogP contribution is -2.46. The van der Waals surface area contributed by atoms with Crippen molar-refractivity contribution < 1.29 is 4.74 Å². The molecule has 1 aliphatic heterocycles. The topological polar surface area (TPSA) is 24.5 Å². The molecule has 1 N–H and O–H groups in total. The molecule has 0 amide bonds. The van der Waals surface area contributed by atoms with Gasteiger partial charge in [-0.2, -0.15) is 0 Å². The zero-order valence-corrected chi connectivity index (χ0v) is 12.2. The summed E-state index contributed by atoms with van der Waals surface area (Å²) in [6.45, 7) is 7.02. The lowest BCUT2D eigenvalue weighted by atomic mass is 9.94. The van der Waals surface area contributed by atoms with Gasteiger partial charge < -0.3 is 10.1 Å². The molecule has 1 unspecified atom stereocenters. The van der Waals surface area contributed by atoms with Crippen LogP contribution in [0, 0.1) is 0 Å². The fourth-order valence-corrected chi connectivity index (χ4v) is 2.85. The average molecular weight is 262 g/mol. The van der Waals surface area contributed by atoms with Crippen molar-refractivity contribution in [1.29, 1.82) is 0 Å². The minimum absolute atomic E-state index is 0.613. The zero-order chi connectivity index (χ0) is 13.5. The van der Waals surface area contributed by atoms with Crippen LogP contribution in [0.5, 0.6) is 0 Å². The van der Waals surface area contributed by atoms with Crippen molar-refractivity contribution in [2.75, 3.05) is 33.4 Å². The largest absolute Gasteiger partial charge is 0.382 e. The van der Waals surface area contributed by atoms with Gasteiger partial charge in [0.2, 0.25) is 0 Å². The second-order valence-electron chi connectivity index (χ2n) is 5.21. The predicted molar refractivity (Wildman–Crippen MR) is 79.4 cm³/mol. The Morgan fingerprint density at radius 2 is 2.11 bits per heavy atom. The van der Waals surface area contributed by atoms with Gasteiger partial charge in [0, 0.05) is 38.9 Å². The fourth-order valence-electron chi connectivity index (χ4n) is 2.85. The first kappa shape index (κ1) is 14.5. The molecule has 0 spiro atoms. The SMILES string of the molecule is CCOCCCN1Cc2ccccc2CC1CNC. The zero-order valence-electron chi connectivity index (χ0n) is 12.2. The normalized spacial score (nSPS) is 19.4. The molecule has 0 aliphatic carbocycles. The molecule has 0 radical (unpaired) electrons. The van der Waals surface area contributed by atoms with Crippen molar-refractivity contribution in [2.45, 2.75) is 32.4 Å². The van der Waals surface area contributed by atoms with Gasteiger partial charge in [0.05, 0.1) is 0 Å². The van der Waals surface area contributed by atoms with Crippen molar-refractivity contribution >= 4 is 0 Å². The first-order valence-electron chi connectivity index (χ1n) is 7.38. The third-order valence-corrected chi connectivity index (χ3v) is 3.84. The molecule has 1 aromatic rings. The minimum Gasteiger partial charge on any atom is -0.382 e. The van der Waals surface area contributed by atoms with Crippen molar-refractivity contribution in [1.82, 2.24) is 10.2 Å². The highest BCUT2D eigenvalue weighted by Gasteiger charge is 2.24. The molecular weight excluding hydrogens is 236 g/mol. The van der Waals surface area contributed by atoms with Gasteiger partial charge in [0.1, 0.15) is 0 Å². The maximum absolute atomic E-state index is 5.45. The van der Waals surface area contributed by atoms with Crippen LogP contribution < -0.4 is 5.32 Å². The standard InChI is InChI=1S/C16H26N2O/c1-3-19-10-6-9-18-13-15-8-5-4-7-14(15)11-16(18)12-17-2/h4-5,7-8,16-17H,3,6,9-13H2,1-2H3. The highest BCUT2D eigenvalue weighted by atomic mass is 16.5. The van der Waals surface area contributed by atoms with Crippen molar-refractivity contribution in [3.05, 3.63) is 35.4 Å². The molecule has 0 aromatic heterocycles. The third kappa shape index (κ3) is 4.03.